The van der Waals surface area contributed by atoms with Crippen LogP contribution < -0.4 is 14.8 Å². The summed E-state index contributed by atoms with van der Waals surface area (Å²) in [6, 6.07) is 7.87. The standard InChI is InChI=1S/C27H31N5O3S/c1-17(2)14-30-26(33)20-13-23(22-16-36-27(31-22)21-15-28-9-10-29-21)32(18(20)3)11-8-19-6-7-24(34-4)25(12-19)35-5/h6-7,9-10,12-13,15-17H,8,11,14H2,1-5H3,(H,30,33). The summed E-state index contributed by atoms with van der Waals surface area (Å²) in [6.07, 6.45) is 5.75. The van der Waals surface area contributed by atoms with Gasteiger partial charge in [0.1, 0.15) is 10.7 Å². The lowest BCUT2D eigenvalue weighted by Gasteiger charge is -2.13. The molecule has 4 rings (SSSR count). The molecule has 1 N–H and O–H groups in total. The number of thiazole rings is 1. The Labute approximate surface area is 215 Å². The Morgan fingerprint density at radius 3 is 2.61 bits per heavy atom. The van der Waals surface area contributed by atoms with Gasteiger partial charge in [0.15, 0.2) is 11.5 Å². The number of amides is 1. The van der Waals surface area contributed by atoms with Gasteiger partial charge in [-0.3, -0.25) is 14.8 Å². The Bertz CT molecular complexity index is 1330. The molecule has 3 heterocycles. The summed E-state index contributed by atoms with van der Waals surface area (Å²) in [6.45, 7) is 7.44. The predicted molar refractivity (Wildman–Crippen MR) is 142 cm³/mol. The van der Waals surface area contributed by atoms with E-state index in [0.29, 0.717) is 36.1 Å². The van der Waals surface area contributed by atoms with Gasteiger partial charge in [-0.2, -0.15) is 0 Å². The molecule has 8 nitrogen and oxygen atoms in total. The number of benzene rings is 1. The minimum absolute atomic E-state index is 0.0725. The first-order valence-corrected chi connectivity index (χ1v) is 12.7. The van der Waals surface area contributed by atoms with Crippen molar-refractivity contribution in [3.63, 3.8) is 0 Å². The van der Waals surface area contributed by atoms with Gasteiger partial charge in [0, 0.05) is 36.6 Å². The molecule has 36 heavy (non-hydrogen) atoms. The zero-order chi connectivity index (χ0) is 25.7. The average molecular weight is 506 g/mol. The van der Waals surface area contributed by atoms with Crippen LogP contribution >= 0.6 is 11.3 Å². The van der Waals surface area contributed by atoms with E-state index >= 15 is 0 Å². The number of rotatable bonds is 10. The molecular weight excluding hydrogens is 474 g/mol. The maximum absolute atomic E-state index is 13.0. The summed E-state index contributed by atoms with van der Waals surface area (Å²) < 4.78 is 13.0. The second-order valence-corrected chi connectivity index (χ2v) is 9.71. The van der Waals surface area contributed by atoms with E-state index in [1.54, 1.807) is 32.8 Å². The molecule has 1 amide bonds. The van der Waals surface area contributed by atoms with Crippen molar-refractivity contribution in [2.24, 2.45) is 5.92 Å². The van der Waals surface area contributed by atoms with Gasteiger partial charge in [-0.1, -0.05) is 19.9 Å². The summed E-state index contributed by atoms with van der Waals surface area (Å²) >= 11 is 1.51. The average Bonchev–Trinajstić information content (AvgIpc) is 3.51. The van der Waals surface area contributed by atoms with Gasteiger partial charge >= 0.3 is 0 Å². The first kappa shape index (κ1) is 25.4. The molecular formula is C27H31N5O3S. The third kappa shape index (κ3) is 5.57. The monoisotopic (exact) mass is 505 g/mol. The number of nitrogens with one attached hydrogen (secondary N) is 1. The minimum Gasteiger partial charge on any atom is -0.493 e. The third-order valence-electron chi connectivity index (χ3n) is 5.90. The van der Waals surface area contributed by atoms with Crippen molar-refractivity contribution in [2.45, 2.75) is 33.7 Å². The summed E-state index contributed by atoms with van der Waals surface area (Å²) in [7, 11) is 3.26. The van der Waals surface area contributed by atoms with Gasteiger partial charge < -0.3 is 19.4 Å². The van der Waals surface area contributed by atoms with Crippen LogP contribution in [0.5, 0.6) is 11.5 Å². The van der Waals surface area contributed by atoms with Crippen molar-refractivity contribution in [2.75, 3.05) is 20.8 Å². The quantitative estimate of drug-likeness (QED) is 0.325. The van der Waals surface area contributed by atoms with Gasteiger partial charge in [0.25, 0.3) is 5.91 Å². The highest BCUT2D eigenvalue weighted by molar-refractivity contribution is 7.13. The van der Waals surface area contributed by atoms with Gasteiger partial charge in [-0.05, 0) is 43.0 Å². The van der Waals surface area contributed by atoms with E-state index in [1.165, 1.54) is 11.3 Å². The molecule has 0 aliphatic heterocycles. The smallest absolute Gasteiger partial charge is 0.253 e. The summed E-state index contributed by atoms with van der Waals surface area (Å²) in [4.78, 5) is 26.4. The number of hydrogen-bond acceptors (Lipinski definition) is 7. The zero-order valence-electron chi connectivity index (χ0n) is 21.2. The lowest BCUT2D eigenvalue weighted by atomic mass is 10.1. The van der Waals surface area contributed by atoms with E-state index in [-0.39, 0.29) is 5.91 Å². The van der Waals surface area contributed by atoms with Gasteiger partial charge in [-0.25, -0.2) is 4.98 Å². The maximum Gasteiger partial charge on any atom is 0.253 e. The molecule has 188 valence electrons. The Hall–Kier alpha value is -3.72. The van der Waals surface area contributed by atoms with Crippen molar-refractivity contribution >= 4 is 17.2 Å². The molecule has 0 saturated heterocycles. The summed E-state index contributed by atoms with van der Waals surface area (Å²) in [5, 5.41) is 5.83. The fraction of sp³-hybridized carbons (Fsp3) is 0.333. The SMILES string of the molecule is COc1ccc(CCn2c(-c3csc(-c4cnccn4)n3)cc(C(=O)NCC(C)C)c2C)cc1OC. The largest absolute Gasteiger partial charge is 0.493 e. The van der Waals surface area contributed by atoms with Gasteiger partial charge in [0.05, 0.1) is 37.4 Å². The van der Waals surface area contributed by atoms with Crippen molar-refractivity contribution in [3.8, 4) is 33.6 Å². The summed E-state index contributed by atoms with van der Waals surface area (Å²) in [5.41, 5.74) is 5.10. The second kappa shape index (κ2) is 11.3. The molecule has 0 radical (unpaired) electrons. The number of aryl methyl sites for hydroxylation is 1. The van der Waals surface area contributed by atoms with Crippen LogP contribution in [0.1, 0.15) is 35.5 Å². The number of methoxy groups -OCH3 is 2. The van der Waals surface area contributed by atoms with Crippen LogP contribution in [0.3, 0.4) is 0 Å². The van der Waals surface area contributed by atoms with Gasteiger partial charge in [0.2, 0.25) is 0 Å². The van der Waals surface area contributed by atoms with E-state index in [9.17, 15) is 4.79 Å². The molecule has 0 bridgehead atoms. The number of aromatic nitrogens is 4. The second-order valence-electron chi connectivity index (χ2n) is 8.85. The van der Waals surface area contributed by atoms with Crippen LogP contribution in [-0.4, -0.2) is 46.2 Å². The molecule has 0 unspecified atom stereocenters. The highest BCUT2D eigenvalue weighted by atomic mass is 32.1. The highest BCUT2D eigenvalue weighted by Gasteiger charge is 2.21. The van der Waals surface area contributed by atoms with Crippen LogP contribution in [0.2, 0.25) is 0 Å². The lowest BCUT2D eigenvalue weighted by molar-refractivity contribution is 0.0948. The van der Waals surface area contributed by atoms with E-state index < -0.39 is 0 Å². The van der Waals surface area contributed by atoms with Gasteiger partial charge in [-0.15, -0.1) is 11.3 Å². The van der Waals surface area contributed by atoms with Crippen LogP contribution in [-0.2, 0) is 13.0 Å². The van der Waals surface area contributed by atoms with Crippen LogP contribution in [0.15, 0.2) is 48.2 Å². The number of carbonyl (C=O) groups excluding carboxylic acids is 1. The summed E-state index contributed by atoms with van der Waals surface area (Å²) in [5.74, 6) is 1.69. The van der Waals surface area contributed by atoms with E-state index in [0.717, 1.165) is 39.8 Å². The molecule has 4 aromatic rings. The van der Waals surface area contributed by atoms with Crippen LogP contribution in [0.25, 0.3) is 22.1 Å². The molecule has 0 aliphatic rings. The number of carbonyl (C=O) groups is 1. The Balaban J connectivity index is 1.68. The fourth-order valence-electron chi connectivity index (χ4n) is 3.96. The molecule has 0 fully saturated rings. The van der Waals surface area contributed by atoms with Crippen molar-refractivity contribution < 1.29 is 14.3 Å². The molecule has 0 spiro atoms. The first-order chi connectivity index (χ1) is 17.4. The van der Waals surface area contributed by atoms with Crippen molar-refractivity contribution in [3.05, 3.63) is 65.1 Å². The number of nitrogens with zero attached hydrogens (tertiary/aromatic N) is 4. The molecule has 9 heteroatoms. The van der Waals surface area contributed by atoms with Crippen LogP contribution in [0, 0.1) is 12.8 Å². The van der Waals surface area contributed by atoms with E-state index in [1.807, 2.05) is 36.6 Å². The van der Waals surface area contributed by atoms with Crippen molar-refractivity contribution in [1.29, 1.82) is 0 Å². The molecule has 1 aromatic carbocycles. The normalized spacial score (nSPS) is 11.1. The lowest BCUT2D eigenvalue weighted by Crippen LogP contribution is -2.27. The van der Waals surface area contributed by atoms with E-state index in [2.05, 4.69) is 33.7 Å². The fourth-order valence-corrected chi connectivity index (χ4v) is 4.74. The first-order valence-electron chi connectivity index (χ1n) is 11.8. The third-order valence-corrected chi connectivity index (χ3v) is 6.77. The number of hydrogen-bond donors (Lipinski definition) is 1. The maximum atomic E-state index is 13.0. The van der Waals surface area contributed by atoms with Crippen LogP contribution in [0.4, 0.5) is 0 Å². The van der Waals surface area contributed by atoms with Crippen molar-refractivity contribution in [1.82, 2.24) is 24.8 Å². The molecule has 0 atom stereocenters. The van der Waals surface area contributed by atoms with E-state index in [4.69, 9.17) is 14.5 Å². The molecule has 0 saturated carbocycles. The zero-order valence-corrected chi connectivity index (χ0v) is 22.1. The molecule has 3 aromatic heterocycles. The highest BCUT2D eigenvalue weighted by Crippen LogP contribution is 2.32. The Kier molecular flexibility index (Phi) is 8.00. The Morgan fingerprint density at radius 2 is 1.92 bits per heavy atom. The minimum atomic E-state index is -0.0725. The topological polar surface area (TPSA) is 91.2 Å². The molecule has 0 aliphatic carbocycles. The Morgan fingerprint density at radius 1 is 1.11 bits per heavy atom. The predicted octanol–water partition coefficient (Wildman–Crippen LogP) is 5.02. The number of ether oxygens (including phenoxy) is 2.